The van der Waals surface area contributed by atoms with Crippen LogP contribution < -0.4 is 5.32 Å². The number of nitrogens with zero attached hydrogens (tertiary/aromatic N) is 4. The first kappa shape index (κ1) is 16.0. The highest BCUT2D eigenvalue weighted by Crippen LogP contribution is 2.16. The van der Waals surface area contributed by atoms with Crippen molar-refractivity contribution in [2.45, 2.75) is 13.0 Å². The van der Waals surface area contributed by atoms with E-state index in [0.717, 1.165) is 16.5 Å². The minimum Gasteiger partial charge on any atom is -0.354 e. The first-order valence-corrected chi connectivity index (χ1v) is 8.35. The standard InChI is InChI=1S/C19H17N5O2/c25-18(13-24-12-15-8-4-5-9-16(15)22-24)20-11-10-17-21-19(26-23-17)14-6-2-1-3-7-14/h1-9,12H,10-11,13H2,(H,20,25). The third-order valence-corrected chi connectivity index (χ3v) is 3.93. The topological polar surface area (TPSA) is 85.8 Å². The summed E-state index contributed by atoms with van der Waals surface area (Å²) in [5.41, 5.74) is 1.75. The zero-order valence-corrected chi connectivity index (χ0v) is 14.0. The van der Waals surface area contributed by atoms with Gasteiger partial charge in [0, 0.05) is 30.1 Å². The van der Waals surface area contributed by atoms with Crippen LogP contribution >= 0.6 is 0 Å². The van der Waals surface area contributed by atoms with Gasteiger partial charge in [-0.1, -0.05) is 41.6 Å². The molecule has 7 nitrogen and oxygen atoms in total. The van der Waals surface area contributed by atoms with Gasteiger partial charge in [0.25, 0.3) is 5.89 Å². The monoisotopic (exact) mass is 347 g/mol. The van der Waals surface area contributed by atoms with E-state index in [1.54, 1.807) is 4.68 Å². The van der Waals surface area contributed by atoms with Crippen LogP contribution in [-0.2, 0) is 17.8 Å². The molecule has 4 rings (SSSR count). The lowest BCUT2D eigenvalue weighted by molar-refractivity contribution is -0.121. The number of rotatable bonds is 6. The molecule has 0 saturated heterocycles. The molecule has 0 aliphatic rings. The van der Waals surface area contributed by atoms with E-state index in [4.69, 9.17) is 4.52 Å². The van der Waals surface area contributed by atoms with Crippen molar-refractivity contribution in [2.75, 3.05) is 6.54 Å². The van der Waals surface area contributed by atoms with E-state index >= 15 is 0 Å². The number of benzene rings is 2. The highest BCUT2D eigenvalue weighted by atomic mass is 16.5. The Kier molecular flexibility index (Phi) is 4.42. The number of aromatic nitrogens is 4. The molecule has 0 radical (unpaired) electrons. The highest BCUT2D eigenvalue weighted by Gasteiger charge is 2.09. The van der Waals surface area contributed by atoms with Gasteiger partial charge in [-0.3, -0.25) is 9.48 Å². The van der Waals surface area contributed by atoms with Gasteiger partial charge in [-0.2, -0.15) is 10.1 Å². The molecular formula is C19H17N5O2. The lowest BCUT2D eigenvalue weighted by Gasteiger charge is -2.03. The summed E-state index contributed by atoms with van der Waals surface area (Å²) >= 11 is 0. The van der Waals surface area contributed by atoms with Crippen LogP contribution in [0, 0.1) is 0 Å². The molecule has 1 N–H and O–H groups in total. The van der Waals surface area contributed by atoms with Crippen molar-refractivity contribution in [3.05, 3.63) is 66.6 Å². The number of carbonyl (C=O) groups excluding carboxylic acids is 1. The van der Waals surface area contributed by atoms with Gasteiger partial charge in [0.1, 0.15) is 6.54 Å². The lowest BCUT2D eigenvalue weighted by atomic mass is 10.2. The molecule has 0 unspecified atom stereocenters. The van der Waals surface area contributed by atoms with Gasteiger partial charge in [0.2, 0.25) is 5.91 Å². The van der Waals surface area contributed by atoms with E-state index in [9.17, 15) is 4.79 Å². The molecule has 7 heteroatoms. The molecule has 0 aliphatic carbocycles. The molecule has 130 valence electrons. The van der Waals surface area contributed by atoms with Crippen molar-refractivity contribution < 1.29 is 9.32 Å². The molecule has 2 aromatic heterocycles. The predicted molar refractivity (Wildman–Crippen MR) is 96.2 cm³/mol. The second-order valence-electron chi connectivity index (χ2n) is 5.87. The maximum absolute atomic E-state index is 12.1. The zero-order chi connectivity index (χ0) is 17.8. The molecule has 0 bridgehead atoms. The summed E-state index contributed by atoms with van der Waals surface area (Å²) in [6.07, 6.45) is 2.36. The molecular weight excluding hydrogens is 330 g/mol. The van der Waals surface area contributed by atoms with Crippen molar-refractivity contribution >= 4 is 16.8 Å². The van der Waals surface area contributed by atoms with Gasteiger partial charge in [-0.15, -0.1) is 0 Å². The van der Waals surface area contributed by atoms with E-state index in [2.05, 4.69) is 20.6 Å². The van der Waals surface area contributed by atoms with E-state index in [0.29, 0.717) is 24.7 Å². The first-order valence-electron chi connectivity index (χ1n) is 8.35. The fourth-order valence-corrected chi connectivity index (χ4v) is 2.67. The Morgan fingerprint density at radius 1 is 1.08 bits per heavy atom. The van der Waals surface area contributed by atoms with Crippen LogP contribution in [0.5, 0.6) is 0 Å². The van der Waals surface area contributed by atoms with Crippen LogP contribution in [0.3, 0.4) is 0 Å². The smallest absolute Gasteiger partial charge is 0.257 e. The maximum Gasteiger partial charge on any atom is 0.257 e. The van der Waals surface area contributed by atoms with Crippen molar-refractivity contribution in [3.8, 4) is 11.5 Å². The summed E-state index contributed by atoms with van der Waals surface area (Å²) in [6, 6.07) is 17.3. The summed E-state index contributed by atoms with van der Waals surface area (Å²) in [4.78, 5) is 16.4. The Labute approximate surface area is 149 Å². The maximum atomic E-state index is 12.1. The summed E-state index contributed by atoms with van der Waals surface area (Å²) in [7, 11) is 0. The van der Waals surface area contributed by atoms with Gasteiger partial charge < -0.3 is 9.84 Å². The lowest BCUT2D eigenvalue weighted by Crippen LogP contribution is -2.29. The SMILES string of the molecule is O=C(Cn1cc2ccccc2n1)NCCc1noc(-c2ccccc2)n1. The Balaban J connectivity index is 1.29. The van der Waals surface area contributed by atoms with Crippen LogP contribution in [-0.4, -0.2) is 32.4 Å². The van der Waals surface area contributed by atoms with E-state index in [1.165, 1.54) is 0 Å². The average molecular weight is 347 g/mol. The zero-order valence-electron chi connectivity index (χ0n) is 14.0. The molecule has 0 aliphatic heterocycles. The number of hydrogen-bond acceptors (Lipinski definition) is 5. The van der Waals surface area contributed by atoms with Crippen LogP contribution in [0.25, 0.3) is 22.4 Å². The Bertz CT molecular complexity index is 990. The number of amides is 1. The van der Waals surface area contributed by atoms with Crippen LogP contribution in [0.15, 0.2) is 65.3 Å². The summed E-state index contributed by atoms with van der Waals surface area (Å²) in [5.74, 6) is 0.939. The number of carbonyl (C=O) groups is 1. The molecule has 0 fully saturated rings. The summed E-state index contributed by atoms with van der Waals surface area (Å²) in [5, 5.41) is 12.2. The third-order valence-electron chi connectivity index (χ3n) is 3.93. The Hall–Kier alpha value is -3.48. The molecule has 0 atom stereocenters. The summed E-state index contributed by atoms with van der Waals surface area (Å²) in [6.45, 7) is 0.615. The molecule has 0 spiro atoms. The molecule has 4 aromatic rings. The second kappa shape index (κ2) is 7.18. The van der Waals surface area contributed by atoms with E-state index in [-0.39, 0.29) is 12.5 Å². The normalized spacial score (nSPS) is 10.9. The quantitative estimate of drug-likeness (QED) is 0.579. The number of hydrogen-bond donors (Lipinski definition) is 1. The number of nitrogens with one attached hydrogen (secondary N) is 1. The van der Waals surface area contributed by atoms with Gasteiger partial charge in [-0.05, 0) is 18.2 Å². The molecule has 26 heavy (non-hydrogen) atoms. The van der Waals surface area contributed by atoms with E-state index in [1.807, 2.05) is 60.8 Å². The Morgan fingerprint density at radius 2 is 1.88 bits per heavy atom. The molecule has 1 amide bonds. The largest absolute Gasteiger partial charge is 0.354 e. The second-order valence-corrected chi connectivity index (χ2v) is 5.87. The molecule has 2 heterocycles. The molecule has 2 aromatic carbocycles. The van der Waals surface area contributed by atoms with Crippen molar-refractivity contribution in [2.24, 2.45) is 0 Å². The van der Waals surface area contributed by atoms with Crippen LogP contribution in [0.4, 0.5) is 0 Å². The Morgan fingerprint density at radius 3 is 2.73 bits per heavy atom. The minimum atomic E-state index is -0.107. The van der Waals surface area contributed by atoms with E-state index < -0.39 is 0 Å². The highest BCUT2D eigenvalue weighted by molar-refractivity contribution is 5.79. The minimum absolute atomic E-state index is 0.107. The third kappa shape index (κ3) is 3.61. The van der Waals surface area contributed by atoms with Gasteiger partial charge in [-0.25, -0.2) is 0 Å². The van der Waals surface area contributed by atoms with Crippen LogP contribution in [0.1, 0.15) is 5.82 Å². The van der Waals surface area contributed by atoms with Crippen LogP contribution in [0.2, 0.25) is 0 Å². The van der Waals surface area contributed by atoms with Gasteiger partial charge in [0.15, 0.2) is 5.82 Å². The predicted octanol–water partition coefficient (Wildman–Crippen LogP) is 2.45. The fourth-order valence-electron chi connectivity index (χ4n) is 2.67. The summed E-state index contributed by atoms with van der Waals surface area (Å²) < 4.78 is 6.89. The molecule has 0 saturated carbocycles. The first-order chi connectivity index (χ1) is 12.8. The van der Waals surface area contributed by atoms with Gasteiger partial charge in [0.05, 0.1) is 5.52 Å². The van der Waals surface area contributed by atoms with Crippen molar-refractivity contribution in [1.29, 1.82) is 0 Å². The number of fused-ring (bicyclic) bond motifs is 1. The van der Waals surface area contributed by atoms with Crippen molar-refractivity contribution in [3.63, 3.8) is 0 Å². The average Bonchev–Trinajstić information content (AvgIpc) is 3.29. The fraction of sp³-hybridized carbons (Fsp3) is 0.158. The van der Waals surface area contributed by atoms with Gasteiger partial charge >= 0.3 is 0 Å². The van der Waals surface area contributed by atoms with Crippen molar-refractivity contribution in [1.82, 2.24) is 25.2 Å².